The third kappa shape index (κ3) is 3.15. The summed E-state index contributed by atoms with van der Waals surface area (Å²) in [6.45, 7) is 11.7. The van der Waals surface area contributed by atoms with Gasteiger partial charge in [-0.05, 0) is 64.4 Å². The number of allylic oxidation sites excluding steroid dienone is 4. The van der Waals surface area contributed by atoms with E-state index in [0.29, 0.717) is 6.42 Å². The van der Waals surface area contributed by atoms with E-state index in [1.807, 2.05) is 46.8 Å². The summed E-state index contributed by atoms with van der Waals surface area (Å²) < 4.78 is 18.9. The van der Waals surface area contributed by atoms with Gasteiger partial charge in [-0.15, -0.1) is 0 Å². The summed E-state index contributed by atoms with van der Waals surface area (Å²) in [7, 11) is 0. The van der Waals surface area contributed by atoms with Crippen LogP contribution in [0.5, 0.6) is 0 Å². The minimum absolute atomic E-state index is 0.00863. The number of rotatable bonds is 2. The lowest BCUT2D eigenvalue weighted by atomic mass is 9.36. The lowest BCUT2D eigenvalue weighted by Gasteiger charge is -2.67. The van der Waals surface area contributed by atoms with Gasteiger partial charge in [0.25, 0.3) is 5.78 Å². The summed E-state index contributed by atoms with van der Waals surface area (Å²) >= 11 is 0. The molecule has 0 aromatic carbocycles. The van der Waals surface area contributed by atoms with Gasteiger partial charge in [-0.25, -0.2) is 4.79 Å². The minimum Gasteiger partial charge on any atom is -0.504 e. The topological polar surface area (TPSA) is 223 Å². The Morgan fingerprint density at radius 3 is 2.36 bits per heavy atom. The molecular formula is C42H47NO13. The van der Waals surface area contributed by atoms with Crippen LogP contribution in [0.1, 0.15) is 67.7 Å². The SMILES string of the molecule is CC1=C[C@H]2C=C(C)[C@@H](C)[C@H]3[C@H](CC(C)C)NC(=O)[C@@]23C(=O)[C@H]2[C@@H]3[C@H](O[C@]4(O)C(=O)C(O)=C(C)[C@]56[C@H]2O[C@H]3[C@@]54[C@]2(O)C(=O)C(C)=C3C(=O)OC[C@@]36C2=O)[C@H](O)CC1. The van der Waals surface area contributed by atoms with Crippen LogP contribution >= 0.6 is 0 Å². The van der Waals surface area contributed by atoms with Crippen molar-refractivity contribution in [2.45, 2.75) is 110 Å². The van der Waals surface area contributed by atoms with Crippen molar-refractivity contribution < 1.29 is 63.4 Å². The highest BCUT2D eigenvalue weighted by Crippen LogP contribution is 2.89. The van der Waals surface area contributed by atoms with Gasteiger partial charge in [0.2, 0.25) is 17.3 Å². The first-order chi connectivity index (χ1) is 26.2. The Kier molecular flexibility index (Phi) is 6.80. The number of Topliss-reactive ketones (excluding diaryl/α,β-unsaturated/α-hetero) is 4. The van der Waals surface area contributed by atoms with E-state index in [1.165, 1.54) is 13.8 Å². The number of aliphatic hydroxyl groups excluding tert-OH is 2. The van der Waals surface area contributed by atoms with Crippen molar-refractivity contribution in [3.8, 4) is 0 Å². The second-order valence-corrected chi connectivity index (χ2v) is 18.9. The van der Waals surface area contributed by atoms with Gasteiger partial charge in [0, 0.05) is 29.4 Å². The van der Waals surface area contributed by atoms with Crippen LogP contribution in [0.2, 0.25) is 0 Å². The first-order valence-corrected chi connectivity index (χ1v) is 19.8. The van der Waals surface area contributed by atoms with Crippen LogP contribution in [-0.2, 0) is 43.0 Å². The number of cyclic esters (lactones) is 1. The average molecular weight is 774 g/mol. The van der Waals surface area contributed by atoms with Crippen molar-refractivity contribution in [1.29, 1.82) is 0 Å². The number of ether oxygens (including phenoxy) is 3. The summed E-state index contributed by atoms with van der Waals surface area (Å²) in [5.41, 5.74) is -11.8. The number of carbonyl (C=O) groups is 6. The maximum atomic E-state index is 16.5. The van der Waals surface area contributed by atoms with Crippen LogP contribution in [0.25, 0.3) is 0 Å². The highest BCUT2D eigenvalue weighted by Gasteiger charge is 3.05. The molecule has 10 aliphatic rings. The molecule has 14 nitrogen and oxygen atoms in total. The highest BCUT2D eigenvalue weighted by molar-refractivity contribution is 6.32. The fourth-order valence-corrected chi connectivity index (χ4v) is 14.8. The number of aliphatic hydroxyl groups is 4. The molecule has 56 heavy (non-hydrogen) atoms. The van der Waals surface area contributed by atoms with Gasteiger partial charge in [-0.2, -0.15) is 0 Å². The fourth-order valence-electron chi connectivity index (χ4n) is 14.8. The summed E-state index contributed by atoms with van der Waals surface area (Å²) in [6.07, 6.45) is -1.74. The van der Waals surface area contributed by atoms with Crippen molar-refractivity contribution in [2.75, 3.05) is 6.61 Å². The lowest BCUT2D eigenvalue weighted by molar-refractivity contribution is -0.379. The molecule has 14 heteroatoms. The number of amides is 1. The van der Waals surface area contributed by atoms with Crippen LogP contribution in [0, 0.1) is 57.2 Å². The standard InChI is InChI=1S/C42H47NO13/c1-14(2)10-21-25-17(5)16(4)12-20-11-15(3)8-9-22(44)28-23-24(30(47)38(20,25)36(51)43-21)32-39-19(7)27(45)31(48)42(53,56-28)41(39,33(23)55-32)40(52)29(46)18(6)26-34(49)54-13-37(26,39)35(40)50/h11-12,14,17,20-25,28,32-33,44-45,52-53H,8-10,13H2,1-7H3,(H,43,51)/t17-,20+,21+,22-,23-,24-,25+,28-,32+,33-,37+,38+,39-,40+,41+,42-/m1/s1. The van der Waals surface area contributed by atoms with Gasteiger partial charge >= 0.3 is 5.97 Å². The largest absolute Gasteiger partial charge is 0.504 e. The monoisotopic (exact) mass is 773 g/mol. The number of carbonyl (C=O) groups excluding carboxylic acids is 6. The van der Waals surface area contributed by atoms with Crippen LogP contribution in [0.15, 0.2) is 45.8 Å². The van der Waals surface area contributed by atoms with E-state index in [2.05, 4.69) is 5.32 Å². The molecule has 0 aromatic rings. The molecule has 1 saturated carbocycles. The smallest absolute Gasteiger partial charge is 0.335 e. The third-order valence-corrected chi connectivity index (χ3v) is 16.6. The predicted octanol–water partition coefficient (Wildman–Crippen LogP) is 1.26. The van der Waals surface area contributed by atoms with E-state index in [9.17, 15) is 34.8 Å². The third-order valence-electron chi connectivity index (χ3n) is 16.6. The molecule has 5 aliphatic heterocycles. The number of fused-ring (bicyclic) bond motifs is 3. The van der Waals surface area contributed by atoms with Crippen LogP contribution in [0.4, 0.5) is 0 Å². The van der Waals surface area contributed by atoms with E-state index in [1.54, 1.807) is 0 Å². The van der Waals surface area contributed by atoms with Crippen LogP contribution < -0.4 is 5.32 Å². The molecule has 5 heterocycles. The summed E-state index contributed by atoms with van der Waals surface area (Å²) in [5, 5.41) is 53.3. The zero-order chi connectivity index (χ0) is 40.4. The number of hydrogen-bond donors (Lipinski definition) is 5. The molecule has 298 valence electrons. The van der Waals surface area contributed by atoms with Crippen molar-refractivity contribution in [3.63, 3.8) is 0 Å². The predicted molar refractivity (Wildman–Crippen MR) is 189 cm³/mol. The second kappa shape index (κ2) is 10.4. The number of ketones is 4. The van der Waals surface area contributed by atoms with E-state index < -0.39 is 140 Å². The maximum Gasteiger partial charge on any atom is 0.335 e. The second-order valence-electron chi connectivity index (χ2n) is 18.9. The number of hydrogen-bond acceptors (Lipinski definition) is 13. The molecule has 5 aliphatic carbocycles. The minimum atomic E-state index is -3.39. The van der Waals surface area contributed by atoms with E-state index in [0.717, 1.165) is 11.1 Å². The molecule has 5 saturated heterocycles. The van der Waals surface area contributed by atoms with E-state index >= 15 is 14.4 Å². The molecule has 6 fully saturated rings. The molecule has 3 spiro atoms. The molecule has 10 rings (SSSR count). The quantitative estimate of drug-likeness (QED) is 0.152. The Hall–Kier alpha value is -3.82. The van der Waals surface area contributed by atoms with E-state index in [4.69, 9.17) is 14.2 Å². The van der Waals surface area contributed by atoms with Crippen molar-refractivity contribution >= 4 is 35.0 Å². The Balaban J connectivity index is 1.33. The molecular weight excluding hydrogens is 726 g/mol. The zero-order valence-electron chi connectivity index (χ0n) is 32.3. The van der Waals surface area contributed by atoms with E-state index in [-0.39, 0.29) is 35.8 Å². The Morgan fingerprint density at radius 2 is 1.68 bits per heavy atom. The maximum absolute atomic E-state index is 16.5. The lowest BCUT2D eigenvalue weighted by Crippen LogP contribution is -2.84. The summed E-state index contributed by atoms with van der Waals surface area (Å²) in [5.74, 6) is -14.8. The Bertz CT molecular complexity index is 2180. The van der Waals surface area contributed by atoms with Crippen LogP contribution in [0.3, 0.4) is 0 Å². The summed E-state index contributed by atoms with van der Waals surface area (Å²) in [6, 6.07) is -0.419. The summed E-state index contributed by atoms with van der Waals surface area (Å²) in [4.78, 5) is 90.0. The fraction of sp³-hybridized carbons (Fsp3) is 0.667. The van der Waals surface area contributed by atoms with Gasteiger partial charge in [0.15, 0.2) is 23.1 Å². The van der Waals surface area contributed by atoms with Gasteiger partial charge in [-0.1, -0.05) is 44.1 Å². The normalized spacial score (nSPS) is 52.3. The van der Waals surface area contributed by atoms with Gasteiger partial charge in [-0.3, -0.25) is 24.0 Å². The molecule has 0 aromatic heterocycles. The number of nitrogens with one attached hydrogen (secondary N) is 1. The van der Waals surface area contributed by atoms with Gasteiger partial charge in [0.05, 0.1) is 41.3 Å². The van der Waals surface area contributed by atoms with Crippen LogP contribution in [-0.4, -0.2) is 104 Å². The average Bonchev–Trinajstić information content (AvgIpc) is 3.89. The molecule has 4 bridgehead atoms. The van der Waals surface area contributed by atoms with Crippen molar-refractivity contribution in [2.24, 2.45) is 57.2 Å². The zero-order valence-corrected chi connectivity index (χ0v) is 32.3. The molecule has 5 N–H and O–H groups in total. The Labute approximate surface area is 322 Å². The molecule has 1 amide bonds. The molecule has 16 atom stereocenters. The van der Waals surface area contributed by atoms with Gasteiger partial charge < -0.3 is 40.0 Å². The Morgan fingerprint density at radius 1 is 0.982 bits per heavy atom. The van der Waals surface area contributed by atoms with Crippen molar-refractivity contribution in [1.82, 2.24) is 5.32 Å². The number of esters is 1. The first kappa shape index (κ1) is 36.5. The highest BCUT2D eigenvalue weighted by atomic mass is 16.7. The van der Waals surface area contributed by atoms with Crippen molar-refractivity contribution in [3.05, 3.63) is 45.8 Å². The molecule has 0 radical (unpaired) electrons. The first-order valence-electron chi connectivity index (χ1n) is 19.8. The molecule has 0 unspecified atom stereocenters. The van der Waals surface area contributed by atoms with Gasteiger partial charge in [0.1, 0.15) is 22.9 Å².